The van der Waals surface area contributed by atoms with Crippen LogP contribution in [0.1, 0.15) is 33.1 Å². The van der Waals surface area contributed by atoms with Crippen molar-refractivity contribution >= 4 is 30.1 Å². The lowest BCUT2D eigenvalue weighted by Gasteiger charge is -2.23. The fraction of sp³-hybridized carbons (Fsp3) is 0.917. The van der Waals surface area contributed by atoms with Gasteiger partial charge in [0.25, 0.3) is 0 Å². The van der Waals surface area contributed by atoms with Crippen molar-refractivity contribution in [3.05, 3.63) is 0 Å². The van der Waals surface area contributed by atoms with Crippen LogP contribution in [0.25, 0.3) is 0 Å². The number of thioether (sulfide) groups is 1. The van der Waals surface area contributed by atoms with Crippen LogP contribution >= 0.6 is 24.2 Å². The summed E-state index contributed by atoms with van der Waals surface area (Å²) in [5.74, 6) is 2.66. The predicted molar refractivity (Wildman–Crippen MR) is 78.1 cm³/mol. The van der Waals surface area contributed by atoms with Crippen LogP contribution in [-0.2, 0) is 4.79 Å². The molecule has 0 atom stereocenters. The monoisotopic (exact) mass is 280 g/mol. The molecule has 1 heterocycles. The maximum absolute atomic E-state index is 11.6. The van der Waals surface area contributed by atoms with E-state index in [1.54, 1.807) is 11.8 Å². The maximum Gasteiger partial charge on any atom is 0.230 e. The third kappa shape index (κ3) is 8.75. The van der Waals surface area contributed by atoms with Gasteiger partial charge < -0.3 is 10.6 Å². The second-order valence-corrected chi connectivity index (χ2v) is 5.93. The minimum Gasteiger partial charge on any atom is -0.353 e. The molecule has 0 aromatic rings. The summed E-state index contributed by atoms with van der Waals surface area (Å²) >= 11 is 1.75. The summed E-state index contributed by atoms with van der Waals surface area (Å²) in [7, 11) is 0. The van der Waals surface area contributed by atoms with Gasteiger partial charge in [0.2, 0.25) is 5.91 Å². The van der Waals surface area contributed by atoms with E-state index in [1.807, 2.05) is 0 Å². The van der Waals surface area contributed by atoms with E-state index in [2.05, 4.69) is 24.5 Å². The second kappa shape index (κ2) is 10.0. The van der Waals surface area contributed by atoms with Gasteiger partial charge in [-0.15, -0.1) is 12.4 Å². The number of halogens is 1. The van der Waals surface area contributed by atoms with Gasteiger partial charge in [-0.3, -0.25) is 4.79 Å². The third-order valence-corrected chi connectivity index (χ3v) is 3.77. The molecule has 1 amide bonds. The van der Waals surface area contributed by atoms with E-state index in [0.717, 1.165) is 37.6 Å². The van der Waals surface area contributed by atoms with Crippen LogP contribution in [0.3, 0.4) is 0 Å². The second-order valence-electron chi connectivity index (χ2n) is 4.83. The zero-order chi connectivity index (χ0) is 11.8. The quantitative estimate of drug-likeness (QED) is 0.732. The average molecular weight is 281 g/mol. The van der Waals surface area contributed by atoms with E-state index in [-0.39, 0.29) is 18.3 Å². The minimum atomic E-state index is 0. The van der Waals surface area contributed by atoms with Gasteiger partial charge >= 0.3 is 0 Å². The van der Waals surface area contributed by atoms with Crippen molar-refractivity contribution in [2.75, 3.05) is 24.6 Å². The van der Waals surface area contributed by atoms with Crippen LogP contribution in [-0.4, -0.2) is 36.5 Å². The van der Waals surface area contributed by atoms with Gasteiger partial charge in [-0.1, -0.05) is 13.8 Å². The zero-order valence-corrected chi connectivity index (χ0v) is 12.5. The van der Waals surface area contributed by atoms with Gasteiger partial charge in [0.05, 0.1) is 5.75 Å². The molecule has 0 bridgehead atoms. The van der Waals surface area contributed by atoms with Gasteiger partial charge in [-0.25, -0.2) is 0 Å². The molecular formula is C12H25ClN2OS. The van der Waals surface area contributed by atoms with E-state index in [9.17, 15) is 4.79 Å². The Morgan fingerprint density at radius 3 is 2.65 bits per heavy atom. The molecule has 3 nitrogen and oxygen atoms in total. The SMILES string of the molecule is CC(C)CCSCC(=O)NC1CCNCC1.Cl. The standard InChI is InChI=1S/C12H24N2OS.ClH/c1-10(2)5-8-16-9-12(15)14-11-3-6-13-7-4-11;/h10-11,13H,3-9H2,1-2H3,(H,14,15);1H. The molecule has 0 spiro atoms. The average Bonchev–Trinajstić information content (AvgIpc) is 2.25. The number of carbonyl (C=O) groups excluding carboxylic acids is 1. The van der Waals surface area contributed by atoms with Crippen molar-refractivity contribution < 1.29 is 4.79 Å². The molecule has 1 aliphatic heterocycles. The Labute approximate surface area is 115 Å². The van der Waals surface area contributed by atoms with Crippen molar-refractivity contribution in [1.82, 2.24) is 10.6 Å². The molecular weight excluding hydrogens is 256 g/mol. The van der Waals surface area contributed by atoms with Gasteiger partial charge in [-0.2, -0.15) is 11.8 Å². The molecule has 1 aliphatic rings. The molecule has 2 N–H and O–H groups in total. The normalized spacial score (nSPS) is 16.6. The lowest BCUT2D eigenvalue weighted by Crippen LogP contribution is -2.43. The van der Waals surface area contributed by atoms with Gasteiger partial charge in [0.15, 0.2) is 0 Å². The fourth-order valence-electron chi connectivity index (χ4n) is 1.72. The minimum absolute atomic E-state index is 0. The number of hydrogen-bond acceptors (Lipinski definition) is 3. The van der Waals surface area contributed by atoms with Gasteiger partial charge in [0.1, 0.15) is 0 Å². The number of rotatable bonds is 6. The Hall–Kier alpha value is 0.0700. The van der Waals surface area contributed by atoms with Crippen LogP contribution in [0.15, 0.2) is 0 Å². The molecule has 17 heavy (non-hydrogen) atoms. The number of piperidine rings is 1. The van der Waals surface area contributed by atoms with E-state index in [4.69, 9.17) is 0 Å². The van der Waals surface area contributed by atoms with E-state index < -0.39 is 0 Å². The lowest BCUT2D eigenvalue weighted by atomic mass is 10.1. The smallest absolute Gasteiger partial charge is 0.230 e. The molecule has 0 aliphatic carbocycles. The van der Waals surface area contributed by atoms with Crippen LogP contribution in [0.4, 0.5) is 0 Å². The zero-order valence-electron chi connectivity index (χ0n) is 10.8. The Morgan fingerprint density at radius 1 is 1.41 bits per heavy atom. The first-order valence-electron chi connectivity index (χ1n) is 6.26. The summed E-state index contributed by atoms with van der Waals surface area (Å²) in [6.45, 7) is 6.50. The molecule has 0 aromatic carbocycles. The molecule has 1 fully saturated rings. The largest absolute Gasteiger partial charge is 0.353 e. The van der Waals surface area contributed by atoms with Crippen LogP contribution in [0.5, 0.6) is 0 Å². The highest BCUT2D eigenvalue weighted by Crippen LogP contribution is 2.09. The maximum atomic E-state index is 11.6. The van der Waals surface area contributed by atoms with Crippen LogP contribution in [0, 0.1) is 5.92 Å². The van der Waals surface area contributed by atoms with E-state index in [0.29, 0.717) is 11.8 Å². The van der Waals surface area contributed by atoms with Crippen molar-refractivity contribution in [3.63, 3.8) is 0 Å². The number of hydrogen-bond donors (Lipinski definition) is 2. The highest BCUT2D eigenvalue weighted by Gasteiger charge is 2.14. The first-order chi connectivity index (χ1) is 7.68. The summed E-state index contributed by atoms with van der Waals surface area (Å²) in [6.07, 6.45) is 3.34. The van der Waals surface area contributed by atoms with Crippen molar-refractivity contribution in [2.24, 2.45) is 5.92 Å². The predicted octanol–water partition coefficient (Wildman–Crippen LogP) is 2.06. The molecule has 1 rings (SSSR count). The van der Waals surface area contributed by atoms with E-state index >= 15 is 0 Å². The highest BCUT2D eigenvalue weighted by molar-refractivity contribution is 7.99. The molecule has 0 unspecified atom stereocenters. The summed E-state index contributed by atoms with van der Waals surface area (Å²) < 4.78 is 0. The number of nitrogens with one attached hydrogen (secondary N) is 2. The molecule has 102 valence electrons. The van der Waals surface area contributed by atoms with Gasteiger partial charge in [0, 0.05) is 6.04 Å². The Kier molecular flexibility index (Phi) is 10.1. The highest BCUT2D eigenvalue weighted by atomic mass is 35.5. The van der Waals surface area contributed by atoms with Crippen molar-refractivity contribution in [1.29, 1.82) is 0 Å². The first kappa shape index (κ1) is 17.1. The molecule has 5 heteroatoms. The first-order valence-corrected chi connectivity index (χ1v) is 7.41. The fourth-order valence-corrected chi connectivity index (χ4v) is 2.77. The van der Waals surface area contributed by atoms with Gasteiger partial charge in [-0.05, 0) is 44.0 Å². The summed E-state index contributed by atoms with van der Waals surface area (Å²) in [5, 5.41) is 6.40. The number of carbonyl (C=O) groups is 1. The lowest BCUT2D eigenvalue weighted by molar-refractivity contribution is -0.119. The topological polar surface area (TPSA) is 41.1 Å². The Morgan fingerprint density at radius 2 is 2.06 bits per heavy atom. The van der Waals surface area contributed by atoms with Crippen LogP contribution < -0.4 is 10.6 Å². The van der Waals surface area contributed by atoms with Crippen molar-refractivity contribution in [2.45, 2.75) is 39.2 Å². The molecule has 0 radical (unpaired) electrons. The summed E-state index contributed by atoms with van der Waals surface area (Å²) in [6, 6.07) is 0.402. The summed E-state index contributed by atoms with van der Waals surface area (Å²) in [5.41, 5.74) is 0. The molecule has 1 saturated heterocycles. The van der Waals surface area contributed by atoms with Crippen molar-refractivity contribution in [3.8, 4) is 0 Å². The number of amides is 1. The molecule has 0 saturated carbocycles. The third-order valence-electron chi connectivity index (χ3n) is 2.78. The Balaban J connectivity index is 0.00000256. The Bertz CT molecular complexity index is 209. The molecule has 0 aromatic heterocycles. The summed E-state index contributed by atoms with van der Waals surface area (Å²) in [4.78, 5) is 11.6. The van der Waals surface area contributed by atoms with Crippen LogP contribution in [0.2, 0.25) is 0 Å². The van der Waals surface area contributed by atoms with E-state index in [1.165, 1.54) is 6.42 Å².